The summed E-state index contributed by atoms with van der Waals surface area (Å²) in [6.07, 6.45) is -1.58. The summed E-state index contributed by atoms with van der Waals surface area (Å²) in [7, 11) is 0. The van der Waals surface area contributed by atoms with Gasteiger partial charge in [-0.3, -0.25) is 0 Å². The second kappa shape index (κ2) is 15.8. The molecule has 0 aromatic carbocycles. The van der Waals surface area contributed by atoms with E-state index in [1.54, 1.807) is 0 Å². The number of nitrogens with zero attached hydrogens (tertiary/aromatic N) is 1. The molecule has 0 heterocycles. The van der Waals surface area contributed by atoms with Crippen molar-refractivity contribution in [3.05, 3.63) is 0 Å². The fraction of sp³-hybridized carbons (Fsp3) is 0. The van der Waals surface area contributed by atoms with Crippen LogP contribution in [0.3, 0.4) is 0 Å². The van der Waals surface area contributed by atoms with Gasteiger partial charge in [0.05, 0.1) is 0 Å². The molecule has 0 fully saturated rings. The van der Waals surface area contributed by atoms with Crippen LogP contribution in [0, 0.1) is 11.5 Å². The first-order valence-corrected chi connectivity index (χ1v) is 1.06. The molecule has 0 aromatic heterocycles. The van der Waals surface area contributed by atoms with Crippen molar-refractivity contribution >= 4 is 43.9 Å². The van der Waals surface area contributed by atoms with Crippen molar-refractivity contribution in [1.29, 1.82) is 5.26 Å². The van der Waals surface area contributed by atoms with E-state index in [9.17, 15) is 0 Å². The maximum atomic E-state index is 8.44. The predicted octanol–water partition coefficient (Wildman–Crippen LogP) is -2.67. The number of carboxylic acid groups (broad SMARTS) is 2. The van der Waals surface area contributed by atoms with Gasteiger partial charge in [-0.05, 0) is 0 Å². The molecule has 0 saturated heterocycles. The molecule has 1 N–H and O–H groups in total. The molecule has 5 nitrogen and oxygen atoms in total. The Hall–Kier alpha value is -0.180. The number of carbonyl (C=O) groups is 1. The van der Waals surface area contributed by atoms with Crippen molar-refractivity contribution in [2.24, 2.45) is 0 Å². The zero-order valence-electron chi connectivity index (χ0n) is 3.83. The number of hydrogen-bond acceptors (Lipinski definition) is 4. The fourth-order valence-electron chi connectivity index (χ4n) is 0. The Balaban J connectivity index is -0.0000000575. The number of hydrogen-bond donors (Lipinski definition) is 1. The third kappa shape index (κ3) is 4160. The van der Waals surface area contributed by atoms with E-state index in [2.05, 4.69) is 0 Å². The summed E-state index contributed by atoms with van der Waals surface area (Å²) in [6, 6.07) is 0. The predicted molar refractivity (Wildman–Crippen MR) is 19.4 cm³/mol. The first-order valence-electron chi connectivity index (χ1n) is 1.06. The van der Waals surface area contributed by atoms with Crippen LogP contribution in [0.15, 0.2) is 0 Å². The Bertz CT molecular complexity index is 82.5. The van der Waals surface area contributed by atoms with Gasteiger partial charge in [0, 0.05) is 6.26 Å². The van der Waals surface area contributed by atoms with Gasteiger partial charge in [-0.25, -0.2) is 5.26 Å². The van der Waals surface area contributed by atoms with Crippen LogP contribution >= 0.6 is 0 Å². The van der Waals surface area contributed by atoms with Crippen LogP contribution in [-0.2, 0) is 0 Å². The summed E-state index contributed by atoms with van der Waals surface area (Å²) >= 11 is 0. The summed E-state index contributed by atoms with van der Waals surface area (Å²) < 4.78 is 0. The van der Waals surface area contributed by atoms with Crippen molar-refractivity contribution in [2.45, 2.75) is 0 Å². The Labute approximate surface area is 75.2 Å². The molecule has 0 unspecified atom stereocenters. The van der Waals surface area contributed by atoms with Gasteiger partial charge in [0.25, 0.3) is 0 Å². The van der Waals surface area contributed by atoms with E-state index < -0.39 is 6.16 Å². The van der Waals surface area contributed by atoms with E-state index in [0.29, 0.717) is 6.26 Å². The normalized spacial score (nSPS) is 3.88. The van der Waals surface area contributed by atoms with Crippen molar-refractivity contribution in [3.63, 3.8) is 0 Å². The van der Waals surface area contributed by atoms with E-state index in [0.717, 1.165) is 0 Å². The smallest absolute Gasteiger partial charge is 0.812 e. The molecule has 0 aliphatic rings. The van der Waals surface area contributed by atoms with E-state index in [4.69, 9.17) is 25.4 Å². The molecule has 0 radical (unpaired) electrons. The zero-order valence-corrected chi connectivity index (χ0v) is 6.03. The summed E-state index contributed by atoms with van der Waals surface area (Å²) in [5, 5.41) is 30.3. The van der Waals surface area contributed by atoms with Crippen LogP contribution < -0.4 is 10.2 Å². The third-order valence-electron chi connectivity index (χ3n) is 0. The molecular formula is C2HCaNO4. The standard InChI is InChI=1S/CHNO.CH2O3.Ca/c2-1-3;2-1(3)4;/h3H;(H2,2,3,4);/q;;+2/p-2. The van der Waals surface area contributed by atoms with Gasteiger partial charge >= 0.3 is 37.7 Å². The molecule has 0 rings (SSSR count). The van der Waals surface area contributed by atoms with Crippen LogP contribution in [0.5, 0.6) is 0 Å². The van der Waals surface area contributed by atoms with Gasteiger partial charge < -0.3 is 20.1 Å². The van der Waals surface area contributed by atoms with Crippen molar-refractivity contribution in [3.8, 4) is 6.26 Å². The summed E-state index contributed by atoms with van der Waals surface area (Å²) in [4.78, 5) is 8.44. The Kier molecular flexibility index (Phi) is 31.0. The quantitative estimate of drug-likeness (QED) is 0.294. The van der Waals surface area contributed by atoms with E-state index >= 15 is 0 Å². The number of nitriles is 1. The van der Waals surface area contributed by atoms with Crippen LogP contribution in [0.25, 0.3) is 0 Å². The van der Waals surface area contributed by atoms with Crippen molar-refractivity contribution < 1.29 is 20.1 Å². The van der Waals surface area contributed by atoms with Gasteiger partial charge in [0.15, 0.2) is 0 Å². The monoisotopic (exact) mass is 143 g/mol. The van der Waals surface area contributed by atoms with Gasteiger partial charge in [0.1, 0.15) is 0 Å². The number of rotatable bonds is 0. The second-order valence-electron chi connectivity index (χ2n) is 0.357. The van der Waals surface area contributed by atoms with Crippen LogP contribution in [-0.4, -0.2) is 49.0 Å². The molecule has 0 aliphatic heterocycles. The maximum absolute atomic E-state index is 8.44. The first kappa shape index (κ1) is 15.7. The molecule has 0 aliphatic carbocycles. The van der Waals surface area contributed by atoms with Crippen molar-refractivity contribution in [1.82, 2.24) is 0 Å². The van der Waals surface area contributed by atoms with E-state index in [-0.39, 0.29) is 37.7 Å². The molecular weight excluding hydrogens is 142 g/mol. The first-order chi connectivity index (χ1) is 3.15. The minimum atomic E-state index is -2.08. The van der Waals surface area contributed by atoms with Crippen LogP contribution in [0.1, 0.15) is 0 Å². The molecule has 8 heavy (non-hydrogen) atoms. The Morgan fingerprint density at radius 3 is 1.75 bits per heavy atom. The Morgan fingerprint density at radius 2 is 1.75 bits per heavy atom. The molecule has 0 saturated carbocycles. The van der Waals surface area contributed by atoms with Gasteiger partial charge in [-0.1, -0.05) is 0 Å². The van der Waals surface area contributed by atoms with Crippen LogP contribution in [0.4, 0.5) is 4.79 Å². The van der Waals surface area contributed by atoms with Gasteiger partial charge in [-0.15, -0.1) is 0 Å². The fourth-order valence-corrected chi connectivity index (χ4v) is 0. The van der Waals surface area contributed by atoms with Crippen molar-refractivity contribution in [2.75, 3.05) is 0 Å². The summed E-state index contributed by atoms with van der Waals surface area (Å²) in [5.74, 6) is 0. The third-order valence-corrected chi connectivity index (χ3v) is 0. The Morgan fingerprint density at radius 1 is 1.75 bits per heavy atom. The molecule has 0 atom stereocenters. The van der Waals surface area contributed by atoms with Crippen LogP contribution in [0.2, 0.25) is 0 Å². The van der Waals surface area contributed by atoms with E-state index in [1.807, 2.05) is 0 Å². The van der Waals surface area contributed by atoms with E-state index in [1.165, 1.54) is 0 Å². The van der Waals surface area contributed by atoms with Gasteiger partial charge in [0.2, 0.25) is 6.16 Å². The average molecular weight is 143 g/mol. The van der Waals surface area contributed by atoms with Gasteiger partial charge in [-0.2, -0.15) is 0 Å². The average Bonchev–Trinajstić information content (AvgIpc) is 1.33. The molecule has 0 bridgehead atoms. The second-order valence-corrected chi connectivity index (χ2v) is 0.357. The summed E-state index contributed by atoms with van der Waals surface area (Å²) in [6.45, 7) is 0. The maximum Gasteiger partial charge on any atom is 2.00 e. The molecule has 0 amide bonds. The summed E-state index contributed by atoms with van der Waals surface area (Å²) in [5.41, 5.74) is 0. The molecule has 40 valence electrons. The zero-order chi connectivity index (χ0) is 6.28. The largest absolute Gasteiger partial charge is 2.00 e. The minimum Gasteiger partial charge on any atom is -0.812 e. The minimum absolute atomic E-state index is 0. The topological polar surface area (TPSA) is 107 Å². The molecule has 6 heteroatoms. The SMILES string of the molecule is N#C[O-].O=C([O-])O.[Ca+2]. The molecule has 0 spiro atoms. The molecule has 0 aromatic rings.